The van der Waals surface area contributed by atoms with Gasteiger partial charge in [-0.2, -0.15) is 0 Å². The first-order chi connectivity index (χ1) is 10.1. The Balaban J connectivity index is 1.71. The number of ether oxygens (including phenoxy) is 2. The van der Waals surface area contributed by atoms with Gasteiger partial charge in [-0.05, 0) is 25.5 Å². The van der Waals surface area contributed by atoms with Crippen molar-refractivity contribution in [1.29, 1.82) is 0 Å². The van der Waals surface area contributed by atoms with Crippen molar-refractivity contribution in [2.45, 2.75) is 31.4 Å². The van der Waals surface area contributed by atoms with Crippen LogP contribution in [0.5, 0.6) is 11.5 Å². The highest BCUT2D eigenvalue weighted by molar-refractivity contribution is 5.75. The number of likely N-dealkylation sites (tertiary alicyclic amines) is 1. The van der Waals surface area contributed by atoms with Gasteiger partial charge in [0.05, 0.1) is 12.0 Å². The Labute approximate surface area is 123 Å². The fourth-order valence-corrected chi connectivity index (χ4v) is 3.17. The molecule has 3 N–H and O–H groups in total. The Kier molecular flexibility index (Phi) is 3.73. The van der Waals surface area contributed by atoms with E-state index >= 15 is 0 Å². The van der Waals surface area contributed by atoms with E-state index in [9.17, 15) is 9.90 Å². The molecule has 2 heterocycles. The van der Waals surface area contributed by atoms with Gasteiger partial charge >= 0.3 is 0 Å². The zero-order valence-electron chi connectivity index (χ0n) is 11.9. The van der Waals surface area contributed by atoms with Crippen LogP contribution in [0, 0.1) is 0 Å². The second-order valence-electron chi connectivity index (χ2n) is 5.83. The number of nitrogens with two attached hydrogens (primary N) is 1. The van der Waals surface area contributed by atoms with Crippen LogP contribution >= 0.6 is 0 Å². The van der Waals surface area contributed by atoms with Gasteiger partial charge in [0.2, 0.25) is 12.7 Å². The van der Waals surface area contributed by atoms with Crippen molar-refractivity contribution in [1.82, 2.24) is 4.90 Å². The van der Waals surface area contributed by atoms with Gasteiger partial charge < -0.3 is 20.3 Å². The molecule has 6 nitrogen and oxygen atoms in total. The molecule has 1 aromatic rings. The van der Waals surface area contributed by atoms with Crippen molar-refractivity contribution in [2.24, 2.45) is 5.73 Å². The highest BCUT2D eigenvalue weighted by Crippen LogP contribution is 2.36. The highest BCUT2D eigenvalue weighted by Gasteiger charge is 2.35. The fraction of sp³-hybridized carbons (Fsp3) is 0.533. The van der Waals surface area contributed by atoms with E-state index in [1.165, 1.54) is 0 Å². The van der Waals surface area contributed by atoms with Crippen LogP contribution in [0.3, 0.4) is 0 Å². The van der Waals surface area contributed by atoms with Crippen molar-refractivity contribution < 1.29 is 19.4 Å². The quantitative estimate of drug-likeness (QED) is 0.849. The summed E-state index contributed by atoms with van der Waals surface area (Å²) < 4.78 is 10.9. The minimum Gasteiger partial charge on any atom is -0.454 e. The molecule has 114 valence electrons. The third-order valence-corrected chi connectivity index (χ3v) is 4.01. The molecule has 1 aromatic carbocycles. The van der Waals surface area contributed by atoms with Gasteiger partial charge in [0.15, 0.2) is 11.5 Å². The summed E-state index contributed by atoms with van der Waals surface area (Å²) in [6, 6.07) is 5.81. The van der Waals surface area contributed by atoms with E-state index in [0.717, 1.165) is 30.0 Å². The lowest BCUT2D eigenvalue weighted by Gasteiger charge is -2.38. The number of carbonyl (C=O) groups excluding carboxylic acids is 1. The topological polar surface area (TPSA) is 85.0 Å². The number of β-amino-alcohol motifs (C(OH)–C–C–N with tert-alkyl or cyclic N) is 1. The average molecular weight is 292 g/mol. The summed E-state index contributed by atoms with van der Waals surface area (Å²) >= 11 is 0. The third kappa shape index (κ3) is 3.11. The Morgan fingerprint density at radius 1 is 1.43 bits per heavy atom. The molecule has 0 aliphatic carbocycles. The Morgan fingerprint density at radius 2 is 2.29 bits per heavy atom. The molecule has 1 fully saturated rings. The van der Waals surface area contributed by atoms with E-state index in [4.69, 9.17) is 15.2 Å². The molecule has 2 aliphatic rings. The highest BCUT2D eigenvalue weighted by atomic mass is 16.7. The molecule has 0 spiro atoms. The predicted octanol–water partition coefficient (Wildman–Crippen LogP) is 0.618. The number of hydrogen-bond acceptors (Lipinski definition) is 5. The number of amides is 1. The molecule has 1 amide bonds. The number of benzene rings is 1. The average Bonchev–Trinajstić information content (AvgIpc) is 2.86. The predicted molar refractivity (Wildman–Crippen MR) is 75.8 cm³/mol. The molecular weight excluding hydrogens is 272 g/mol. The minimum absolute atomic E-state index is 0.00993. The fourth-order valence-electron chi connectivity index (χ4n) is 3.17. The number of carbonyl (C=O) groups is 1. The summed E-state index contributed by atoms with van der Waals surface area (Å²) in [5, 5.41) is 10.5. The molecule has 3 rings (SSSR count). The number of piperidine rings is 1. The van der Waals surface area contributed by atoms with E-state index in [1.54, 1.807) is 0 Å². The summed E-state index contributed by atoms with van der Waals surface area (Å²) in [7, 11) is 0. The zero-order valence-corrected chi connectivity index (χ0v) is 11.9. The number of primary amides is 1. The van der Waals surface area contributed by atoms with E-state index in [2.05, 4.69) is 4.90 Å². The Morgan fingerprint density at radius 3 is 3.10 bits per heavy atom. The van der Waals surface area contributed by atoms with Crippen LogP contribution in [-0.2, 0) is 11.3 Å². The Bertz CT molecular complexity index is 548. The summed E-state index contributed by atoms with van der Waals surface area (Å²) in [5.74, 6) is 1.08. The monoisotopic (exact) mass is 292 g/mol. The lowest BCUT2D eigenvalue weighted by molar-refractivity contribution is -0.125. The maximum absolute atomic E-state index is 11.1. The van der Waals surface area contributed by atoms with E-state index in [0.29, 0.717) is 19.5 Å². The van der Waals surface area contributed by atoms with Crippen molar-refractivity contribution in [3.05, 3.63) is 23.8 Å². The van der Waals surface area contributed by atoms with Crippen LogP contribution in [0.2, 0.25) is 0 Å². The number of para-hydroxylation sites is 1. The second kappa shape index (κ2) is 5.54. The first-order valence-electron chi connectivity index (χ1n) is 7.16. The number of nitrogens with zero attached hydrogens (tertiary/aromatic N) is 1. The molecule has 0 saturated carbocycles. The smallest absolute Gasteiger partial charge is 0.231 e. The van der Waals surface area contributed by atoms with E-state index in [-0.39, 0.29) is 13.2 Å². The van der Waals surface area contributed by atoms with E-state index in [1.807, 2.05) is 18.2 Å². The molecule has 1 unspecified atom stereocenters. The molecule has 1 saturated heterocycles. The van der Waals surface area contributed by atoms with Crippen LogP contribution in [0.15, 0.2) is 18.2 Å². The van der Waals surface area contributed by atoms with Crippen molar-refractivity contribution in [3.8, 4) is 11.5 Å². The van der Waals surface area contributed by atoms with Gasteiger partial charge in [-0.3, -0.25) is 9.69 Å². The van der Waals surface area contributed by atoms with Crippen LogP contribution in [0.4, 0.5) is 0 Å². The van der Waals surface area contributed by atoms with Crippen LogP contribution < -0.4 is 15.2 Å². The minimum atomic E-state index is -1.01. The molecule has 6 heteroatoms. The summed E-state index contributed by atoms with van der Waals surface area (Å²) in [6.45, 7) is 2.23. The van der Waals surface area contributed by atoms with Crippen molar-refractivity contribution in [3.63, 3.8) is 0 Å². The molecule has 21 heavy (non-hydrogen) atoms. The zero-order chi connectivity index (χ0) is 14.9. The molecule has 2 aliphatic heterocycles. The third-order valence-electron chi connectivity index (χ3n) is 4.01. The van der Waals surface area contributed by atoms with Gasteiger partial charge in [-0.15, -0.1) is 0 Å². The summed E-state index contributed by atoms with van der Waals surface area (Å²) in [5.41, 5.74) is 5.25. The maximum Gasteiger partial charge on any atom is 0.231 e. The largest absolute Gasteiger partial charge is 0.454 e. The van der Waals surface area contributed by atoms with Gasteiger partial charge in [0, 0.05) is 18.7 Å². The standard InChI is InChI=1S/C15H20N2O4/c16-13(18)7-15(19)5-2-6-17(9-15)8-11-3-1-4-12-14(11)21-10-20-12/h1,3-4,19H,2,5-10H2,(H2,16,18). The van der Waals surface area contributed by atoms with Crippen molar-refractivity contribution >= 4 is 5.91 Å². The normalized spacial score (nSPS) is 25.0. The van der Waals surface area contributed by atoms with Gasteiger partial charge in [-0.1, -0.05) is 12.1 Å². The number of aliphatic hydroxyl groups is 1. The second-order valence-corrected chi connectivity index (χ2v) is 5.83. The van der Waals surface area contributed by atoms with Gasteiger partial charge in [-0.25, -0.2) is 0 Å². The molecule has 0 bridgehead atoms. The SMILES string of the molecule is NC(=O)CC1(O)CCCN(Cc2cccc3c2OCO3)C1. The molecular formula is C15H20N2O4. The van der Waals surface area contributed by atoms with Crippen molar-refractivity contribution in [2.75, 3.05) is 19.9 Å². The lowest BCUT2D eigenvalue weighted by Crippen LogP contribution is -2.49. The van der Waals surface area contributed by atoms with E-state index < -0.39 is 11.5 Å². The van der Waals surface area contributed by atoms with Crippen LogP contribution in [0.1, 0.15) is 24.8 Å². The lowest BCUT2D eigenvalue weighted by atomic mass is 9.89. The molecule has 0 radical (unpaired) electrons. The number of hydrogen-bond donors (Lipinski definition) is 2. The number of fused-ring (bicyclic) bond motifs is 1. The number of rotatable bonds is 4. The first kappa shape index (κ1) is 14.2. The van der Waals surface area contributed by atoms with Crippen LogP contribution in [-0.4, -0.2) is 41.4 Å². The molecule has 0 aromatic heterocycles. The van der Waals surface area contributed by atoms with Gasteiger partial charge in [0.1, 0.15) is 0 Å². The summed E-state index contributed by atoms with van der Waals surface area (Å²) in [6.07, 6.45) is 1.46. The van der Waals surface area contributed by atoms with Crippen LogP contribution in [0.25, 0.3) is 0 Å². The first-order valence-corrected chi connectivity index (χ1v) is 7.16. The Hall–Kier alpha value is -1.79. The van der Waals surface area contributed by atoms with Gasteiger partial charge in [0.25, 0.3) is 0 Å². The maximum atomic E-state index is 11.1. The molecule has 1 atom stereocenters. The summed E-state index contributed by atoms with van der Waals surface area (Å²) in [4.78, 5) is 13.2.